The Hall–Kier alpha value is -3.61. The van der Waals surface area contributed by atoms with Gasteiger partial charge in [0.2, 0.25) is 0 Å². The Morgan fingerprint density at radius 1 is 1.12 bits per heavy atom. The van der Waals surface area contributed by atoms with Crippen molar-refractivity contribution in [3.8, 4) is 6.07 Å². The third-order valence-electron chi connectivity index (χ3n) is 6.00. The summed E-state index contributed by atoms with van der Waals surface area (Å²) in [6, 6.07) is 7.07. The summed E-state index contributed by atoms with van der Waals surface area (Å²) in [4.78, 5) is 27.9. The SMILES string of the molecule is CNC(=O)c1ccc(N2C(=O)N(c3ccc(C#N)c(C(F)(F)F)c3)[C@@H]3CC[CH]C[C@H]32)cc1F. The van der Waals surface area contributed by atoms with E-state index in [1.165, 1.54) is 41.1 Å². The van der Waals surface area contributed by atoms with Gasteiger partial charge in [0.1, 0.15) is 5.82 Å². The zero-order valence-corrected chi connectivity index (χ0v) is 17.5. The number of alkyl halides is 3. The zero-order chi connectivity index (χ0) is 23.9. The van der Waals surface area contributed by atoms with E-state index in [4.69, 9.17) is 5.26 Å². The molecule has 4 rings (SSSR count). The molecule has 6 nitrogen and oxygen atoms in total. The molecule has 0 spiro atoms. The number of urea groups is 1. The standard InChI is InChI=1S/C23H19F4N4O2/c1-29-21(32)16-9-8-15(11-18(16)24)31-20-5-3-2-4-19(20)30(22(31)33)14-7-6-13(12-28)17(10-14)23(25,26)27/h3,6-11,19-20H,2,4-5H2,1H3,(H,29,32)/t19-,20-/m1/s1. The van der Waals surface area contributed by atoms with Crippen molar-refractivity contribution in [2.24, 2.45) is 0 Å². The van der Waals surface area contributed by atoms with Gasteiger partial charge in [0.15, 0.2) is 0 Å². The van der Waals surface area contributed by atoms with Crippen LogP contribution in [0.3, 0.4) is 0 Å². The molecule has 0 bridgehead atoms. The first-order chi connectivity index (χ1) is 15.7. The fraction of sp³-hybridized carbons (Fsp3) is 0.304. The number of amides is 3. The van der Waals surface area contributed by atoms with Crippen molar-refractivity contribution in [2.75, 3.05) is 16.8 Å². The van der Waals surface area contributed by atoms with Crippen LogP contribution in [-0.4, -0.2) is 31.1 Å². The number of carbonyl (C=O) groups is 2. The Kier molecular flexibility index (Phi) is 5.74. The maximum atomic E-state index is 14.6. The maximum absolute atomic E-state index is 14.6. The van der Waals surface area contributed by atoms with Crippen molar-refractivity contribution in [1.29, 1.82) is 5.26 Å². The Balaban J connectivity index is 1.77. The van der Waals surface area contributed by atoms with Gasteiger partial charge >= 0.3 is 12.2 Å². The first-order valence-corrected chi connectivity index (χ1v) is 10.2. The molecular formula is C23H19F4N4O2. The first kappa shape index (κ1) is 22.6. The highest BCUT2D eigenvalue weighted by Gasteiger charge is 2.48. The highest BCUT2D eigenvalue weighted by molar-refractivity contribution is 6.08. The Bertz CT molecular complexity index is 1160. The minimum atomic E-state index is -4.76. The van der Waals surface area contributed by atoms with Gasteiger partial charge in [0.25, 0.3) is 5.91 Å². The van der Waals surface area contributed by atoms with Crippen molar-refractivity contribution >= 4 is 23.3 Å². The number of carbonyl (C=O) groups excluding carboxylic acids is 2. The Labute approximate surface area is 187 Å². The predicted octanol–water partition coefficient (Wildman–Crippen LogP) is 4.65. The van der Waals surface area contributed by atoms with Crippen LogP contribution in [-0.2, 0) is 6.18 Å². The van der Waals surface area contributed by atoms with Crippen molar-refractivity contribution in [3.05, 3.63) is 65.3 Å². The van der Waals surface area contributed by atoms with Crippen LogP contribution in [0.2, 0.25) is 0 Å². The van der Waals surface area contributed by atoms with Gasteiger partial charge in [-0.2, -0.15) is 18.4 Å². The molecule has 171 valence electrons. The average Bonchev–Trinajstić information content (AvgIpc) is 3.09. The van der Waals surface area contributed by atoms with E-state index in [0.29, 0.717) is 19.3 Å². The molecule has 1 aliphatic heterocycles. The number of anilines is 2. The maximum Gasteiger partial charge on any atom is 0.417 e. The van der Waals surface area contributed by atoms with E-state index >= 15 is 0 Å². The molecule has 1 aliphatic carbocycles. The number of benzene rings is 2. The molecule has 2 atom stereocenters. The van der Waals surface area contributed by atoms with E-state index in [9.17, 15) is 27.2 Å². The fourth-order valence-corrected chi connectivity index (χ4v) is 4.50. The van der Waals surface area contributed by atoms with E-state index in [1.54, 1.807) is 0 Å². The largest absolute Gasteiger partial charge is 0.417 e. The summed E-state index contributed by atoms with van der Waals surface area (Å²) < 4.78 is 55.1. The molecule has 2 aromatic carbocycles. The molecule has 3 amide bonds. The van der Waals surface area contributed by atoms with Gasteiger partial charge in [-0.05, 0) is 62.1 Å². The highest BCUT2D eigenvalue weighted by atomic mass is 19.4. The van der Waals surface area contributed by atoms with E-state index < -0.39 is 47.1 Å². The van der Waals surface area contributed by atoms with E-state index in [-0.39, 0.29) is 16.9 Å². The Morgan fingerprint density at radius 3 is 2.42 bits per heavy atom. The lowest BCUT2D eigenvalue weighted by Gasteiger charge is -2.32. The number of nitriles is 1. The molecule has 1 saturated carbocycles. The number of hydrogen-bond acceptors (Lipinski definition) is 3. The second-order valence-corrected chi connectivity index (χ2v) is 7.84. The fourth-order valence-electron chi connectivity index (χ4n) is 4.50. The minimum Gasteiger partial charge on any atom is -0.355 e. The van der Waals surface area contributed by atoms with Crippen molar-refractivity contribution in [3.63, 3.8) is 0 Å². The van der Waals surface area contributed by atoms with Crippen LogP contribution >= 0.6 is 0 Å². The molecule has 2 aromatic rings. The molecule has 2 fully saturated rings. The summed E-state index contributed by atoms with van der Waals surface area (Å²) in [5.74, 6) is -1.43. The second kappa shape index (κ2) is 8.39. The lowest BCUT2D eigenvalue weighted by atomic mass is 9.89. The summed E-state index contributed by atoms with van der Waals surface area (Å²) in [6.07, 6.45) is -1.10. The summed E-state index contributed by atoms with van der Waals surface area (Å²) >= 11 is 0. The van der Waals surface area contributed by atoms with Gasteiger partial charge in [-0.25, -0.2) is 9.18 Å². The number of rotatable bonds is 3. The van der Waals surface area contributed by atoms with Crippen LogP contribution < -0.4 is 15.1 Å². The van der Waals surface area contributed by atoms with Crippen LogP contribution in [0.25, 0.3) is 0 Å². The molecule has 0 aromatic heterocycles. The summed E-state index contributed by atoms with van der Waals surface area (Å²) in [6.45, 7) is 0. The van der Waals surface area contributed by atoms with Gasteiger partial charge in [0.05, 0.1) is 34.8 Å². The molecule has 33 heavy (non-hydrogen) atoms. The first-order valence-electron chi connectivity index (χ1n) is 10.2. The number of fused-ring (bicyclic) bond motifs is 1. The van der Waals surface area contributed by atoms with Crippen LogP contribution in [0.15, 0.2) is 36.4 Å². The van der Waals surface area contributed by atoms with E-state index in [0.717, 1.165) is 18.2 Å². The summed E-state index contributed by atoms with van der Waals surface area (Å²) in [5.41, 5.74) is -1.60. The highest BCUT2D eigenvalue weighted by Crippen LogP contribution is 2.42. The monoisotopic (exact) mass is 459 g/mol. The molecule has 1 saturated heterocycles. The molecule has 0 unspecified atom stereocenters. The predicted molar refractivity (Wildman–Crippen MR) is 112 cm³/mol. The number of nitrogens with zero attached hydrogens (tertiary/aromatic N) is 3. The minimum absolute atomic E-state index is 0.0215. The van der Waals surface area contributed by atoms with Crippen molar-refractivity contribution in [2.45, 2.75) is 37.5 Å². The van der Waals surface area contributed by atoms with Gasteiger partial charge in [-0.15, -0.1) is 0 Å². The third kappa shape index (κ3) is 3.88. The number of halogens is 4. The average molecular weight is 459 g/mol. The molecule has 1 N–H and O–H groups in total. The number of hydrogen-bond donors (Lipinski definition) is 1. The lowest BCUT2D eigenvalue weighted by Crippen LogP contribution is -2.40. The molecule has 10 heteroatoms. The zero-order valence-electron chi connectivity index (χ0n) is 17.5. The molecular weight excluding hydrogens is 440 g/mol. The molecule has 1 radical (unpaired) electrons. The van der Waals surface area contributed by atoms with Crippen LogP contribution in [0.1, 0.15) is 40.7 Å². The normalized spacial score (nSPS) is 20.4. The van der Waals surface area contributed by atoms with Crippen LogP contribution in [0, 0.1) is 23.6 Å². The van der Waals surface area contributed by atoms with Crippen molar-refractivity contribution in [1.82, 2.24) is 5.32 Å². The smallest absolute Gasteiger partial charge is 0.355 e. The van der Waals surface area contributed by atoms with E-state index in [2.05, 4.69) is 5.32 Å². The molecule has 2 aliphatic rings. The second-order valence-electron chi connectivity index (χ2n) is 7.84. The Morgan fingerprint density at radius 2 is 1.79 bits per heavy atom. The number of nitrogens with one attached hydrogen (secondary N) is 1. The summed E-state index contributed by atoms with van der Waals surface area (Å²) in [5, 5.41) is 11.4. The lowest BCUT2D eigenvalue weighted by molar-refractivity contribution is -0.137. The van der Waals surface area contributed by atoms with Crippen molar-refractivity contribution < 1.29 is 27.2 Å². The van der Waals surface area contributed by atoms with Gasteiger partial charge in [-0.3, -0.25) is 14.6 Å². The summed E-state index contributed by atoms with van der Waals surface area (Å²) in [7, 11) is 1.37. The van der Waals surface area contributed by atoms with Gasteiger partial charge in [0, 0.05) is 18.4 Å². The van der Waals surface area contributed by atoms with Crippen LogP contribution in [0.4, 0.5) is 33.7 Å². The topological polar surface area (TPSA) is 76.4 Å². The van der Waals surface area contributed by atoms with E-state index in [1.807, 2.05) is 6.42 Å². The molecule has 1 heterocycles. The van der Waals surface area contributed by atoms with Crippen LogP contribution in [0.5, 0.6) is 0 Å². The van der Waals surface area contributed by atoms with Gasteiger partial charge < -0.3 is 5.32 Å². The third-order valence-corrected chi connectivity index (χ3v) is 6.00. The quantitative estimate of drug-likeness (QED) is 0.679. The van der Waals surface area contributed by atoms with Gasteiger partial charge in [-0.1, -0.05) is 0 Å².